The summed E-state index contributed by atoms with van der Waals surface area (Å²) in [5, 5.41) is 11.5. The summed E-state index contributed by atoms with van der Waals surface area (Å²) < 4.78 is 27.8. The summed E-state index contributed by atoms with van der Waals surface area (Å²) in [4.78, 5) is 11.6. The average Bonchev–Trinajstić information content (AvgIpc) is 2.17. The smallest absolute Gasteiger partial charge is 0.407 e. The van der Waals surface area contributed by atoms with Crippen molar-refractivity contribution < 1.29 is 17.9 Å². The highest BCUT2D eigenvalue weighted by Gasteiger charge is 2.34. The van der Waals surface area contributed by atoms with Gasteiger partial charge in [0.15, 0.2) is 9.84 Å². The predicted molar refractivity (Wildman–Crippen MR) is 65.5 cm³/mol. The summed E-state index contributed by atoms with van der Waals surface area (Å²) in [5.41, 5.74) is -0.618. The minimum Gasteiger partial charge on any atom is -0.444 e. The number of nitrogens with zero attached hydrogens (tertiary/aromatic N) is 1. The van der Waals surface area contributed by atoms with E-state index in [4.69, 9.17) is 10.00 Å². The van der Waals surface area contributed by atoms with Crippen LogP contribution < -0.4 is 5.32 Å². The van der Waals surface area contributed by atoms with Crippen LogP contribution in [-0.4, -0.2) is 37.7 Å². The summed E-state index contributed by atoms with van der Waals surface area (Å²) in [7, 11) is -3.16. The van der Waals surface area contributed by atoms with Gasteiger partial charge in [0.1, 0.15) is 5.60 Å². The van der Waals surface area contributed by atoms with Crippen molar-refractivity contribution in [2.24, 2.45) is 5.92 Å². The molecule has 1 N–H and O–H groups in total. The number of nitriles is 1. The van der Waals surface area contributed by atoms with E-state index < -0.39 is 33.5 Å². The maximum absolute atomic E-state index is 11.6. The highest BCUT2D eigenvalue weighted by Crippen LogP contribution is 2.19. The lowest BCUT2D eigenvalue weighted by Crippen LogP contribution is -2.48. The Hall–Kier alpha value is -1.29. The van der Waals surface area contributed by atoms with Gasteiger partial charge in [0.2, 0.25) is 0 Å². The van der Waals surface area contributed by atoms with Crippen molar-refractivity contribution in [2.45, 2.75) is 38.8 Å². The van der Waals surface area contributed by atoms with E-state index >= 15 is 0 Å². The van der Waals surface area contributed by atoms with Gasteiger partial charge in [0, 0.05) is 6.04 Å². The molecule has 2 atom stereocenters. The molecule has 0 aromatic heterocycles. The number of hydrogen-bond donors (Lipinski definition) is 1. The first-order chi connectivity index (χ1) is 8.13. The number of sulfone groups is 1. The molecule has 0 aromatic carbocycles. The van der Waals surface area contributed by atoms with Crippen molar-refractivity contribution in [3.8, 4) is 6.07 Å². The fourth-order valence-corrected chi connectivity index (χ4v) is 3.37. The zero-order valence-corrected chi connectivity index (χ0v) is 11.6. The van der Waals surface area contributed by atoms with Crippen LogP contribution in [0, 0.1) is 17.2 Å². The van der Waals surface area contributed by atoms with Gasteiger partial charge in [0.05, 0.1) is 23.5 Å². The molecule has 18 heavy (non-hydrogen) atoms. The molecular formula is C11H18N2O4S. The molecule has 1 aliphatic rings. The Bertz CT molecular complexity index is 458. The largest absolute Gasteiger partial charge is 0.444 e. The fraction of sp³-hybridized carbons (Fsp3) is 0.818. The molecular weight excluding hydrogens is 256 g/mol. The Morgan fingerprint density at radius 2 is 2.06 bits per heavy atom. The van der Waals surface area contributed by atoms with Crippen LogP contribution in [0.1, 0.15) is 27.2 Å². The molecule has 1 aliphatic heterocycles. The first kappa shape index (κ1) is 14.8. The van der Waals surface area contributed by atoms with E-state index in [-0.39, 0.29) is 17.9 Å². The zero-order chi connectivity index (χ0) is 14.0. The second kappa shape index (κ2) is 5.14. The molecule has 0 spiro atoms. The zero-order valence-electron chi connectivity index (χ0n) is 10.8. The summed E-state index contributed by atoms with van der Waals surface area (Å²) in [5.74, 6) is -0.924. The van der Waals surface area contributed by atoms with Crippen molar-refractivity contribution in [1.29, 1.82) is 5.26 Å². The van der Waals surface area contributed by atoms with Crippen molar-refractivity contribution in [2.75, 3.05) is 11.5 Å². The highest BCUT2D eigenvalue weighted by molar-refractivity contribution is 7.91. The minimum absolute atomic E-state index is 0.00829. The molecule has 1 saturated heterocycles. The van der Waals surface area contributed by atoms with Crippen LogP contribution in [0.5, 0.6) is 0 Å². The average molecular weight is 274 g/mol. The van der Waals surface area contributed by atoms with Crippen molar-refractivity contribution in [1.82, 2.24) is 5.32 Å². The maximum Gasteiger partial charge on any atom is 0.407 e. The molecule has 6 nitrogen and oxygen atoms in total. The van der Waals surface area contributed by atoms with E-state index in [1.54, 1.807) is 20.8 Å². The van der Waals surface area contributed by atoms with Crippen LogP contribution >= 0.6 is 0 Å². The first-order valence-corrected chi connectivity index (χ1v) is 7.55. The topological polar surface area (TPSA) is 96.3 Å². The molecule has 1 amide bonds. The number of nitrogens with one attached hydrogen (secondary N) is 1. The fourth-order valence-electron chi connectivity index (χ4n) is 1.74. The lowest BCUT2D eigenvalue weighted by Gasteiger charge is -2.29. The van der Waals surface area contributed by atoms with E-state index in [1.807, 2.05) is 6.07 Å². The van der Waals surface area contributed by atoms with E-state index in [0.717, 1.165) is 0 Å². The van der Waals surface area contributed by atoms with Gasteiger partial charge in [-0.25, -0.2) is 13.2 Å². The van der Waals surface area contributed by atoms with E-state index in [1.165, 1.54) is 0 Å². The minimum atomic E-state index is -3.16. The van der Waals surface area contributed by atoms with Gasteiger partial charge in [-0.15, -0.1) is 0 Å². The number of alkyl carbamates (subject to hydrolysis) is 1. The molecule has 1 heterocycles. The molecule has 0 saturated carbocycles. The molecule has 0 bridgehead atoms. The summed E-state index contributed by atoms with van der Waals surface area (Å²) in [6, 6.07) is 1.46. The molecule has 2 unspecified atom stereocenters. The maximum atomic E-state index is 11.6. The van der Waals surface area contributed by atoms with Crippen molar-refractivity contribution >= 4 is 15.9 Å². The number of rotatable bonds is 1. The van der Waals surface area contributed by atoms with Gasteiger partial charge >= 0.3 is 6.09 Å². The third-order valence-electron chi connectivity index (χ3n) is 2.53. The second-order valence-electron chi connectivity index (χ2n) is 5.39. The SMILES string of the molecule is CC(C)(C)OC(=O)NC1CCS(=O)(=O)CC1C#N. The van der Waals surface area contributed by atoms with Gasteiger partial charge < -0.3 is 10.1 Å². The number of amides is 1. The normalized spacial score (nSPS) is 27.0. The third kappa shape index (κ3) is 4.53. The standard InChI is InChI=1S/C11H18N2O4S/c1-11(2,3)17-10(14)13-9-4-5-18(15,16)7-8(9)6-12/h8-9H,4-5,7H2,1-3H3,(H,13,14). The number of ether oxygens (including phenoxy) is 1. The number of hydrogen-bond acceptors (Lipinski definition) is 5. The van der Waals surface area contributed by atoms with Crippen molar-refractivity contribution in [3.63, 3.8) is 0 Å². The van der Waals surface area contributed by atoms with E-state index in [2.05, 4.69) is 5.32 Å². The van der Waals surface area contributed by atoms with Gasteiger partial charge in [-0.05, 0) is 27.2 Å². The summed E-state index contributed by atoms with van der Waals surface area (Å²) in [6.45, 7) is 5.21. The van der Waals surface area contributed by atoms with Crippen LogP contribution in [-0.2, 0) is 14.6 Å². The Morgan fingerprint density at radius 3 is 2.56 bits per heavy atom. The molecule has 0 aromatic rings. The predicted octanol–water partition coefficient (Wildman–Crippen LogP) is 0.838. The monoisotopic (exact) mass is 274 g/mol. The lowest BCUT2D eigenvalue weighted by atomic mass is 10.0. The Labute approximate surface area is 107 Å². The third-order valence-corrected chi connectivity index (χ3v) is 4.25. The van der Waals surface area contributed by atoms with E-state index in [0.29, 0.717) is 0 Å². The van der Waals surface area contributed by atoms with Crippen LogP contribution in [0.2, 0.25) is 0 Å². The van der Waals surface area contributed by atoms with Crippen LogP contribution in [0.4, 0.5) is 4.79 Å². The van der Waals surface area contributed by atoms with Crippen LogP contribution in [0.3, 0.4) is 0 Å². The molecule has 1 rings (SSSR count). The Kier molecular flexibility index (Phi) is 4.22. The highest BCUT2D eigenvalue weighted by atomic mass is 32.2. The van der Waals surface area contributed by atoms with Gasteiger partial charge in [-0.2, -0.15) is 5.26 Å². The number of carbonyl (C=O) groups is 1. The first-order valence-electron chi connectivity index (χ1n) is 5.72. The van der Waals surface area contributed by atoms with Crippen molar-refractivity contribution in [3.05, 3.63) is 0 Å². The van der Waals surface area contributed by atoms with Gasteiger partial charge in [-0.1, -0.05) is 0 Å². The molecule has 0 radical (unpaired) electrons. The van der Waals surface area contributed by atoms with Crippen LogP contribution in [0.15, 0.2) is 0 Å². The molecule has 1 fully saturated rings. The van der Waals surface area contributed by atoms with Gasteiger partial charge in [-0.3, -0.25) is 0 Å². The molecule has 7 heteroatoms. The lowest BCUT2D eigenvalue weighted by molar-refractivity contribution is 0.0493. The summed E-state index contributed by atoms with van der Waals surface area (Å²) >= 11 is 0. The molecule has 0 aliphatic carbocycles. The Morgan fingerprint density at radius 1 is 1.44 bits per heavy atom. The Balaban J connectivity index is 2.63. The van der Waals surface area contributed by atoms with E-state index in [9.17, 15) is 13.2 Å². The molecule has 102 valence electrons. The second-order valence-corrected chi connectivity index (χ2v) is 7.62. The number of carbonyl (C=O) groups excluding carboxylic acids is 1. The quantitative estimate of drug-likeness (QED) is 0.764. The summed E-state index contributed by atoms with van der Waals surface area (Å²) in [6.07, 6.45) is -0.369. The van der Waals surface area contributed by atoms with Gasteiger partial charge in [0.25, 0.3) is 0 Å². The van der Waals surface area contributed by atoms with Crippen LogP contribution in [0.25, 0.3) is 0 Å².